The number of hydrogen-bond acceptors (Lipinski definition) is 8. The summed E-state index contributed by atoms with van der Waals surface area (Å²) in [6, 6.07) is 12.2. The van der Waals surface area contributed by atoms with Gasteiger partial charge in [-0.1, -0.05) is 37.4 Å². The Balaban J connectivity index is 1.30. The second kappa shape index (κ2) is 9.76. The van der Waals surface area contributed by atoms with Crippen molar-refractivity contribution >= 4 is 46.9 Å². The fourth-order valence-electron chi connectivity index (χ4n) is 6.50. The molecule has 2 aliphatic heterocycles. The Morgan fingerprint density at radius 3 is 1.26 bits per heavy atom. The molecule has 0 aromatic heterocycles. The predicted octanol–water partition coefficient (Wildman–Crippen LogP) is 3.38. The van der Waals surface area contributed by atoms with Crippen LogP contribution in [0.3, 0.4) is 0 Å². The Morgan fingerprint density at radius 2 is 0.952 bits per heavy atom. The molecule has 2 heterocycles. The van der Waals surface area contributed by atoms with Crippen molar-refractivity contribution < 1.29 is 38.2 Å². The average Bonchev–Trinajstić information content (AvgIpc) is 3.40. The number of rotatable bonds is 6. The monoisotopic (exact) mass is 566 g/mol. The Hall–Kier alpha value is -5.12. The Bertz CT molecular complexity index is 1510. The highest BCUT2D eigenvalue weighted by atomic mass is 16.5. The highest BCUT2D eigenvalue weighted by molar-refractivity contribution is 6.26. The van der Waals surface area contributed by atoms with E-state index in [9.17, 15) is 28.8 Å². The molecule has 42 heavy (non-hydrogen) atoms. The van der Waals surface area contributed by atoms with E-state index in [1.165, 1.54) is 38.1 Å². The first kappa shape index (κ1) is 27.1. The van der Waals surface area contributed by atoms with Crippen LogP contribution >= 0.6 is 0 Å². The molecule has 5 aliphatic rings. The molecule has 1 saturated carbocycles. The molecule has 212 valence electrons. The molecule has 7 rings (SSSR count). The van der Waals surface area contributed by atoms with E-state index in [1.807, 2.05) is 0 Å². The number of anilines is 2. The third-order valence-electron chi connectivity index (χ3n) is 8.28. The molecule has 2 aromatic carbocycles. The van der Waals surface area contributed by atoms with Crippen molar-refractivity contribution in [2.75, 3.05) is 9.80 Å². The van der Waals surface area contributed by atoms with Crippen LogP contribution in [0.1, 0.15) is 13.8 Å². The van der Waals surface area contributed by atoms with Gasteiger partial charge in [-0.25, -0.2) is 19.4 Å². The van der Waals surface area contributed by atoms with E-state index in [4.69, 9.17) is 9.47 Å². The quantitative estimate of drug-likeness (QED) is 0.171. The summed E-state index contributed by atoms with van der Waals surface area (Å²) in [6.07, 6.45) is 3.54. The van der Waals surface area contributed by atoms with Crippen LogP contribution in [0.25, 0.3) is 0 Å². The van der Waals surface area contributed by atoms with E-state index in [2.05, 4.69) is 13.2 Å². The smallest absolute Gasteiger partial charge is 0.338 e. The van der Waals surface area contributed by atoms with Gasteiger partial charge in [-0.05, 0) is 38.1 Å². The number of amides is 4. The van der Waals surface area contributed by atoms with Crippen LogP contribution < -0.4 is 19.3 Å². The van der Waals surface area contributed by atoms with Crippen LogP contribution in [0.4, 0.5) is 11.4 Å². The average molecular weight is 567 g/mol. The van der Waals surface area contributed by atoms with E-state index in [0.29, 0.717) is 0 Å². The zero-order valence-corrected chi connectivity index (χ0v) is 22.8. The van der Waals surface area contributed by atoms with Gasteiger partial charge in [0.1, 0.15) is 11.5 Å². The summed E-state index contributed by atoms with van der Waals surface area (Å²) >= 11 is 0. The molecular weight excluding hydrogens is 540 g/mol. The highest BCUT2D eigenvalue weighted by Gasteiger charge is 2.68. The minimum atomic E-state index is -0.824. The summed E-state index contributed by atoms with van der Waals surface area (Å²) in [5, 5.41) is 0. The summed E-state index contributed by atoms with van der Waals surface area (Å²) in [7, 11) is 0. The van der Waals surface area contributed by atoms with E-state index >= 15 is 0 Å². The Morgan fingerprint density at radius 1 is 0.619 bits per heavy atom. The van der Waals surface area contributed by atoms with Crippen LogP contribution in [0.5, 0.6) is 11.5 Å². The normalized spacial score (nSPS) is 27.2. The van der Waals surface area contributed by atoms with Crippen LogP contribution in [-0.4, -0.2) is 35.6 Å². The van der Waals surface area contributed by atoms with Crippen molar-refractivity contribution in [2.24, 2.45) is 35.5 Å². The van der Waals surface area contributed by atoms with Crippen molar-refractivity contribution in [3.05, 3.63) is 85.0 Å². The minimum Gasteiger partial charge on any atom is -0.423 e. The lowest BCUT2D eigenvalue weighted by atomic mass is 9.54. The molecular formula is C32H26N2O8. The molecule has 2 unspecified atom stereocenters. The first-order valence-corrected chi connectivity index (χ1v) is 13.4. The Labute approximate surface area is 240 Å². The minimum absolute atomic E-state index is 0.145. The van der Waals surface area contributed by atoms with Gasteiger partial charge >= 0.3 is 11.9 Å². The second-order valence-corrected chi connectivity index (χ2v) is 11.0. The first-order chi connectivity index (χ1) is 20.0. The molecule has 4 amide bonds. The number of carbonyl (C=O) groups excluding carboxylic acids is 6. The van der Waals surface area contributed by atoms with E-state index in [1.54, 1.807) is 36.4 Å². The van der Waals surface area contributed by atoms with Crippen molar-refractivity contribution in [1.29, 1.82) is 0 Å². The molecule has 0 spiro atoms. The second-order valence-electron chi connectivity index (χ2n) is 11.0. The zero-order chi connectivity index (χ0) is 30.0. The van der Waals surface area contributed by atoms with E-state index < -0.39 is 71.1 Å². The lowest BCUT2D eigenvalue weighted by Crippen LogP contribution is -2.50. The number of esters is 2. The van der Waals surface area contributed by atoms with Crippen LogP contribution in [0.2, 0.25) is 0 Å². The summed E-state index contributed by atoms with van der Waals surface area (Å²) in [5.41, 5.74) is 0.849. The van der Waals surface area contributed by atoms with E-state index in [-0.39, 0.29) is 34.0 Å². The van der Waals surface area contributed by atoms with Crippen molar-refractivity contribution in [1.82, 2.24) is 0 Å². The maximum Gasteiger partial charge on any atom is 0.338 e. The molecule has 6 atom stereocenters. The molecule has 2 saturated heterocycles. The summed E-state index contributed by atoms with van der Waals surface area (Å²) < 4.78 is 10.6. The number of hydrogen-bond donors (Lipinski definition) is 0. The fourth-order valence-corrected chi connectivity index (χ4v) is 6.50. The van der Waals surface area contributed by atoms with Gasteiger partial charge in [0.15, 0.2) is 0 Å². The van der Waals surface area contributed by atoms with Crippen LogP contribution in [0, 0.1) is 35.5 Å². The lowest BCUT2D eigenvalue weighted by Gasteiger charge is -2.44. The largest absolute Gasteiger partial charge is 0.423 e. The van der Waals surface area contributed by atoms with Gasteiger partial charge in [-0.3, -0.25) is 19.2 Å². The molecule has 3 fully saturated rings. The fraction of sp³-hybridized carbons (Fsp3) is 0.250. The van der Waals surface area contributed by atoms with Crippen molar-refractivity contribution in [2.45, 2.75) is 13.8 Å². The SMILES string of the molecule is C=C(C)C(=O)Oc1cccc(N2C(=O)[C@@H]3C4C=CC([C@H]5C(=O)N(c6cccc(OC(=O)C(=C)C)c6)C(=O)[C@@H]45)[C@@H]3C2=O)c1. The van der Waals surface area contributed by atoms with Gasteiger partial charge in [0.25, 0.3) is 0 Å². The third kappa shape index (κ3) is 4.01. The van der Waals surface area contributed by atoms with Gasteiger partial charge < -0.3 is 9.47 Å². The number of carbonyl (C=O) groups is 6. The molecule has 2 bridgehead atoms. The zero-order valence-electron chi connectivity index (χ0n) is 22.8. The topological polar surface area (TPSA) is 127 Å². The number of allylic oxidation sites excluding steroid dienone is 2. The number of benzene rings is 2. The molecule has 2 aromatic rings. The van der Waals surface area contributed by atoms with Gasteiger partial charge in [-0.15, -0.1) is 0 Å². The first-order valence-electron chi connectivity index (χ1n) is 13.4. The van der Waals surface area contributed by atoms with Gasteiger partial charge in [0.05, 0.1) is 35.0 Å². The molecule has 0 radical (unpaired) electrons. The standard InChI is InChI=1S/C32H26N2O8/c1-15(2)31(39)41-19-9-5-7-17(13-19)33-27(35)23-21-11-12-22(24(23)28(33)36)26-25(21)29(37)34(30(26)38)18-8-6-10-20(14-18)42-32(40)16(3)4/h5-14,21-26H,1,3H2,2,4H3/t21?,22?,23-,24+,25+,26-. The van der Waals surface area contributed by atoms with Gasteiger partial charge in [0.2, 0.25) is 23.6 Å². The molecule has 10 nitrogen and oxygen atoms in total. The van der Waals surface area contributed by atoms with Crippen molar-refractivity contribution in [3.8, 4) is 11.5 Å². The summed E-state index contributed by atoms with van der Waals surface area (Å²) in [6.45, 7) is 10.1. The Kier molecular flexibility index (Phi) is 6.29. The number of ether oxygens (including phenoxy) is 2. The maximum atomic E-state index is 13.8. The van der Waals surface area contributed by atoms with Gasteiger partial charge in [-0.2, -0.15) is 0 Å². The molecule has 0 N–H and O–H groups in total. The molecule has 3 aliphatic carbocycles. The van der Waals surface area contributed by atoms with Gasteiger partial charge in [0, 0.05) is 35.1 Å². The number of imide groups is 2. The highest BCUT2D eigenvalue weighted by Crippen LogP contribution is 2.58. The van der Waals surface area contributed by atoms with Crippen molar-refractivity contribution in [3.63, 3.8) is 0 Å². The molecule has 10 heteroatoms. The van der Waals surface area contributed by atoms with Crippen LogP contribution in [0.15, 0.2) is 85.0 Å². The number of nitrogens with zero attached hydrogens (tertiary/aromatic N) is 2. The van der Waals surface area contributed by atoms with E-state index in [0.717, 1.165) is 9.80 Å². The maximum absolute atomic E-state index is 13.8. The van der Waals surface area contributed by atoms with Crippen LogP contribution in [-0.2, 0) is 28.8 Å². The summed E-state index contributed by atoms with van der Waals surface area (Å²) in [5.74, 6) is -7.52. The summed E-state index contributed by atoms with van der Waals surface area (Å²) in [4.78, 5) is 81.3. The predicted molar refractivity (Wildman–Crippen MR) is 149 cm³/mol. The third-order valence-corrected chi connectivity index (χ3v) is 8.28. The lowest BCUT2D eigenvalue weighted by molar-refractivity contribution is -0.137.